The highest BCUT2D eigenvalue weighted by molar-refractivity contribution is 7.99. The molecule has 1 atom stereocenters. The third-order valence-electron chi connectivity index (χ3n) is 7.29. The van der Waals surface area contributed by atoms with E-state index in [9.17, 15) is 8.42 Å². The van der Waals surface area contributed by atoms with Crippen LogP contribution in [0.3, 0.4) is 0 Å². The van der Waals surface area contributed by atoms with Gasteiger partial charge in [-0.15, -0.1) is 0 Å². The van der Waals surface area contributed by atoms with Gasteiger partial charge in [-0.1, -0.05) is 75.9 Å². The van der Waals surface area contributed by atoms with Gasteiger partial charge in [0.1, 0.15) is 5.75 Å². The van der Waals surface area contributed by atoms with Crippen LogP contribution in [-0.4, -0.2) is 14.5 Å². The fraction of sp³-hybridized carbons (Fsp3) is 0.294. The smallest absolute Gasteiger partial charge is 0.206 e. The first kappa shape index (κ1) is 29.0. The molecule has 0 saturated heterocycles. The summed E-state index contributed by atoms with van der Waals surface area (Å²) in [5.74, 6) is 1.18. The van der Waals surface area contributed by atoms with Crippen LogP contribution in [0.1, 0.15) is 70.6 Å². The maximum atomic E-state index is 13.1. The van der Waals surface area contributed by atoms with E-state index in [1.807, 2.05) is 26.0 Å². The fourth-order valence-electron chi connectivity index (χ4n) is 4.63. The molecule has 4 aromatic rings. The van der Waals surface area contributed by atoms with Crippen molar-refractivity contribution in [3.63, 3.8) is 0 Å². The largest absolute Gasteiger partial charge is 0.491 e. The molecule has 39 heavy (non-hydrogen) atoms. The molecule has 0 fully saturated rings. The molecule has 0 heterocycles. The highest BCUT2D eigenvalue weighted by Crippen LogP contribution is 2.38. The van der Waals surface area contributed by atoms with Gasteiger partial charge >= 0.3 is 0 Å². The Balaban J connectivity index is 1.47. The maximum absolute atomic E-state index is 13.1. The first-order valence-corrected chi connectivity index (χ1v) is 15.8. The van der Waals surface area contributed by atoms with Crippen molar-refractivity contribution in [2.24, 2.45) is 0 Å². The second-order valence-corrected chi connectivity index (χ2v) is 13.8. The molecule has 0 aliphatic heterocycles. The Kier molecular flexibility index (Phi) is 8.93. The van der Waals surface area contributed by atoms with Crippen LogP contribution in [0.5, 0.6) is 5.75 Å². The molecular weight excluding hydrogens is 521 g/mol. The predicted molar refractivity (Wildman–Crippen MR) is 162 cm³/mol. The third kappa shape index (κ3) is 6.59. The van der Waals surface area contributed by atoms with E-state index in [2.05, 4.69) is 76.2 Å². The van der Waals surface area contributed by atoms with Crippen LogP contribution in [0.4, 0.5) is 0 Å². The molecule has 0 aromatic heterocycles. The lowest BCUT2D eigenvalue weighted by Gasteiger charge is -2.30. The van der Waals surface area contributed by atoms with Gasteiger partial charge in [0, 0.05) is 15.2 Å². The lowest BCUT2D eigenvalue weighted by atomic mass is 9.74. The number of rotatable bonds is 10. The number of hydrogen-bond acceptors (Lipinski definition) is 4. The zero-order chi connectivity index (χ0) is 28.2. The topological polar surface area (TPSA) is 43.4 Å². The Hall–Kier alpha value is -3.02. The van der Waals surface area contributed by atoms with Crippen LogP contribution >= 0.6 is 11.8 Å². The van der Waals surface area contributed by atoms with Crippen molar-refractivity contribution < 1.29 is 13.2 Å². The Morgan fingerprint density at radius 1 is 0.692 bits per heavy atom. The minimum absolute atomic E-state index is 0.0341. The van der Waals surface area contributed by atoms with Crippen LogP contribution in [0.25, 0.3) is 0 Å². The molecule has 0 radical (unpaired) electrons. The summed E-state index contributed by atoms with van der Waals surface area (Å²) >= 11 is 1.63. The minimum atomic E-state index is -3.60. The van der Waals surface area contributed by atoms with Crippen molar-refractivity contribution in [2.75, 3.05) is 0 Å². The van der Waals surface area contributed by atoms with Crippen LogP contribution < -0.4 is 4.74 Å². The molecule has 0 bridgehead atoms. The molecule has 0 spiro atoms. The summed E-state index contributed by atoms with van der Waals surface area (Å²) in [6, 6.07) is 31.5. The first-order chi connectivity index (χ1) is 18.5. The van der Waals surface area contributed by atoms with Crippen LogP contribution in [-0.2, 0) is 15.3 Å². The van der Waals surface area contributed by atoms with Crippen molar-refractivity contribution in [2.45, 2.75) is 85.0 Å². The van der Waals surface area contributed by atoms with Gasteiger partial charge in [-0.25, -0.2) is 8.42 Å². The first-order valence-electron chi connectivity index (χ1n) is 13.5. The van der Waals surface area contributed by atoms with Gasteiger partial charge in [0.05, 0.1) is 15.9 Å². The molecule has 0 aliphatic carbocycles. The lowest BCUT2D eigenvalue weighted by Crippen LogP contribution is -2.22. The van der Waals surface area contributed by atoms with Crippen molar-refractivity contribution in [3.8, 4) is 5.75 Å². The normalized spacial score (nSPS) is 13.4. The summed E-state index contributed by atoms with van der Waals surface area (Å²) < 4.78 is 31.9. The molecule has 0 saturated carbocycles. The zero-order valence-corrected chi connectivity index (χ0v) is 25.3. The van der Waals surface area contributed by atoms with Crippen LogP contribution in [0, 0.1) is 0 Å². The quantitative estimate of drug-likeness (QED) is 0.194. The fourth-order valence-corrected chi connectivity index (χ4v) is 6.71. The molecule has 204 valence electrons. The highest BCUT2D eigenvalue weighted by atomic mass is 32.2. The third-order valence-corrected chi connectivity index (χ3v) is 10.1. The summed E-state index contributed by atoms with van der Waals surface area (Å²) in [7, 11) is -3.60. The van der Waals surface area contributed by atoms with E-state index in [1.54, 1.807) is 48.2 Å². The van der Waals surface area contributed by atoms with Crippen molar-refractivity contribution >= 4 is 21.6 Å². The summed E-state index contributed by atoms with van der Waals surface area (Å²) in [4.78, 5) is 2.64. The van der Waals surface area contributed by atoms with Crippen LogP contribution in [0.2, 0.25) is 0 Å². The van der Waals surface area contributed by atoms with E-state index < -0.39 is 9.84 Å². The van der Waals surface area contributed by atoms with Gasteiger partial charge in [0.2, 0.25) is 9.84 Å². The van der Waals surface area contributed by atoms with Gasteiger partial charge in [-0.05, 0) is 104 Å². The van der Waals surface area contributed by atoms with E-state index in [0.717, 1.165) is 16.2 Å². The molecule has 1 unspecified atom stereocenters. The Labute approximate surface area is 238 Å². The van der Waals surface area contributed by atoms with E-state index in [4.69, 9.17) is 4.74 Å². The molecule has 0 aliphatic rings. The molecule has 0 amide bonds. The van der Waals surface area contributed by atoms with E-state index >= 15 is 0 Å². The maximum Gasteiger partial charge on any atom is 0.206 e. The van der Waals surface area contributed by atoms with Gasteiger partial charge in [-0.2, -0.15) is 0 Å². The van der Waals surface area contributed by atoms with E-state index in [0.29, 0.717) is 11.7 Å². The SMILES string of the molecule is CCC(C)(c1ccc(Sc2ccc(S(=O)(=O)c3ccc(OC(C)C)cc3)cc2)cc1)c1ccc(C(C)C)cc1. The summed E-state index contributed by atoms with van der Waals surface area (Å²) in [5.41, 5.74) is 3.91. The highest BCUT2D eigenvalue weighted by Gasteiger charge is 2.27. The summed E-state index contributed by atoms with van der Waals surface area (Å²) in [5, 5.41) is 0. The Morgan fingerprint density at radius 3 is 1.56 bits per heavy atom. The summed E-state index contributed by atoms with van der Waals surface area (Å²) in [6.07, 6.45) is 1.04. The second kappa shape index (κ2) is 12.0. The average molecular weight is 559 g/mol. The van der Waals surface area contributed by atoms with Gasteiger partial charge in [0.25, 0.3) is 0 Å². The van der Waals surface area contributed by atoms with E-state index in [1.165, 1.54) is 16.7 Å². The molecule has 4 rings (SSSR count). The lowest BCUT2D eigenvalue weighted by molar-refractivity contribution is 0.242. The number of ether oxygens (including phenoxy) is 1. The molecular formula is C34H38O3S2. The van der Waals surface area contributed by atoms with Gasteiger partial charge in [0.15, 0.2) is 0 Å². The van der Waals surface area contributed by atoms with Crippen molar-refractivity contribution in [1.29, 1.82) is 0 Å². The molecule has 4 aromatic carbocycles. The monoisotopic (exact) mass is 558 g/mol. The molecule has 5 heteroatoms. The molecule has 0 N–H and O–H groups in total. The molecule has 3 nitrogen and oxygen atoms in total. The predicted octanol–water partition coefficient (Wildman–Crippen LogP) is 9.30. The minimum Gasteiger partial charge on any atom is -0.491 e. The number of benzene rings is 4. The van der Waals surface area contributed by atoms with E-state index in [-0.39, 0.29) is 21.3 Å². The van der Waals surface area contributed by atoms with Gasteiger partial charge < -0.3 is 4.74 Å². The summed E-state index contributed by atoms with van der Waals surface area (Å²) in [6.45, 7) is 12.9. The van der Waals surface area contributed by atoms with Crippen molar-refractivity contribution in [3.05, 3.63) is 114 Å². The number of sulfone groups is 1. The van der Waals surface area contributed by atoms with Crippen molar-refractivity contribution in [1.82, 2.24) is 0 Å². The number of hydrogen-bond donors (Lipinski definition) is 0. The van der Waals surface area contributed by atoms with Crippen LogP contribution in [0.15, 0.2) is 117 Å². The Bertz CT molecular complexity index is 1470. The Morgan fingerprint density at radius 2 is 1.13 bits per heavy atom. The van der Waals surface area contributed by atoms with Gasteiger partial charge in [-0.3, -0.25) is 0 Å². The average Bonchev–Trinajstić information content (AvgIpc) is 2.93. The second-order valence-electron chi connectivity index (χ2n) is 10.7. The standard InChI is InChI=1S/C34H38O3S2/c1-7-34(6,27-10-8-26(9-11-27)24(2)3)28-12-16-30(17-13-28)38-31-18-22-33(23-19-31)39(35,36)32-20-14-29(15-21-32)37-25(4)5/h8-25H,7H2,1-6H3. The zero-order valence-electron chi connectivity index (χ0n) is 23.6.